The first-order valence-electron chi connectivity index (χ1n) is 6.35. The van der Waals surface area contributed by atoms with Crippen molar-refractivity contribution in [2.75, 3.05) is 0 Å². The predicted molar refractivity (Wildman–Crippen MR) is 79.1 cm³/mol. The lowest BCUT2D eigenvalue weighted by molar-refractivity contribution is 0.660. The van der Waals surface area contributed by atoms with E-state index in [0.717, 1.165) is 15.8 Å². The van der Waals surface area contributed by atoms with E-state index in [1.807, 2.05) is 31.2 Å². The van der Waals surface area contributed by atoms with Gasteiger partial charge in [0.1, 0.15) is 6.07 Å². The van der Waals surface area contributed by atoms with Gasteiger partial charge in [0.2, 0.25) is 0 Å². The summed E-state index contributed by atoms with van der Waals surface area (Å²) in [7, 11) is 0. The van der Waals surface area contributed by atoms with Crippen LogP contribution >= 0.6 is 11.8 Å². The third kappa shape index (κ3) is 2.30. The van der Waals surface area contributed by atoms with Crippen molar-refractivity contribution in [3.63, 3.8) is 0 Å². The fraction of sp³-hybridized carbons (Fsp3) is 0.143. The van der Waals surface area contributed by atoms with Gasteiger partial charge in [-0.25, -0.2) is 9.89 Å². The average Bonchev–Trinajstić information content (AvgIpc) is 2.87. The fourth-order valence-electron chi connectivity index (χ4n) is 2.06. The molecule has 3 aromatic rings. The van der Waals surface area contributed by atoms with E-state index in [1.54, 1.807) is 6.20 Å². The maximum Gasteiger partial charge on any atom is 0.343 e. The van der Waals surface area contributed by atoms with Crippen molar-refractivity contribution in [1.29, 1.82) is 5.26 Å². The van der Waals surface area contributed by atoms with Crippen LogP contribution in [-0.2, 0) is 6.54 Å². The van der Waals surface area contributed by atoms with Crippen molar-refractivity contribution >= 4 is 22.7 Å². The molecule has 2 heterocycles. The molecular formula is C14H11N5OS. The number of aromatic nitrogens is 4. The topological polar surface area (TPSA) is 87.4 Å². The van der Waals surface area contributed by atoms with Crippen molar-refractivity contribution in [2.24, 2.45) is 0 Å². The van der Waals surface area contributed by atoms with Gasteiger partial charge in [-0.05, 0) is 24.8 Å². The first-order valence-corrected chi connectivity index (χ1v) is 7.17. The number of hydrogen-bond donors (Lipinski definition) is 1. The number of fused-ring (bicyclic) bond motifs is 1. The van der Waals surface area contributed by atoms with Crippen LogP contribution in [0.2, 0.25) is 0 Å². The molecule has 0 atom stereocenters. The van der Waals surface area contributed by atoms with Gasteiger partial charge in [-0.2, -0.15) is 5.26 Å². The zero-order valence-corrected chi connectivity index (χ0v) is 12.0. The van der Waals surface area contributed by atoms with Crippen molar-refractivity contribution in [3.05, 3.63) is 46.5 Å². The Morgan fingerprint density at radius 1 is 1.43 bits per heavy atom. The van der Waals surface area contributed by atoms with Gasteiger partial charge in [0, 0.05) is 23.0 Å². The second kappa shape index (κ2) is 5.42. The smallest absolute Gasteiger partial charge is 0.270 e. The van der Waals surface area contributed by atoms with Crippen LogP contribution < -0.4 is 5.69 Å². The summed E-state index contributed by atoms with van der Waals surface area (Å²) in [5, 5.41) is 17.2. The highest BCUT2D eigenvalue weighted by Crippen LogP contribution is 2.33. The van der Waals surface area contributed by atoms with E-state index in [-0.39, 0.29) is 5.69 Å². The number of benzene rings is 1. The number of nitrogens with one attached hydrogen (secondary N) is 1. The Bertz CT molecular complexity index is 906. The molecule has 21 heavy (non-hydrogen) atoms. The van der Waals surface area contributed by atoms with Gasteiger partial charge in [-0.3, -0.25) is 9.55 Å². The van der Waals surface area contributed by atoms with Crippen LogP contribution in [0, 0.1) is 11.3 Å². The van der Waals surface area contributed by atoms with Gasteiger partial charge in [-0.15, -0.1) is 5.10 Å². The van der Waals surface area contributed by atoms with E-state index in [9.17, 15) is 10.1 Å². The molecule has 6 nitrogen and oxygen atoms in total. The molecule has 0 bridgehead atoms. The number of para-hydroxylation sites is 1. The summed E-state index contributed by atoms with van der Waals surface area (Å²) in [5.74, 6) is 0. The van der Waals surface area contributed by atoms with Gasteiger partial charge >= 0.3 is 5.69 Å². The SMILES string of the molecule is CCn1c(Sc2c(C#N)cnc3ccccc23)n[nH]c1=O. The Labute approximate surface area is 124 Å². The van der Waals surface area contributed by atoms with Gasteiger partial charge in [0.05, 0.1) is 11.1 Å². The largest absolute Gasteiger partial charge is 0.343 e. The minimum atomic E-state index is -0.253. The highest BCUT2D eigenvalue weighted by molar-refractivity contribution is 7.99. The average molecular weight is 297 g/mol. The maximum absolute atomic E-state index is 11.6. The number of H-pyrrole nitrogens is 1. The third-order valence-corrected chi connectivity index (χ3v) is 4.22. The summed E-state index contributed by atoms with van der Waals surface area (Å²) in [6.45, 7) is 2.39. The molecule has 0 fully saturated rings. The minimum absolute atomic E-state index is 0.253. The Kier molecular flexibility index (Phi) is 3.46. The van der Waals surface area contributed by atoms with Crippen LogP contribution in [0.15, 0.2) is 45.3 Å². The van der Waals surface area contributed by atoms with E-state index in [4.69, 9.17) is 0 Å². The molecule has 1 aromatic carbocycles. The molecular weight excluding hydrogens is 286 g/mol. The van der Waals surface area contributed by atoms with Crippen molar-refractivity contribution in [1.82, 2.24) is 19.7 Å². The lowest BCUT2D eigenvalue weighted by atomic mass is 10.2. The monoisotopic (exact) mass is 297 g/mol. The molecule has 0 saturated heterocycles. The zero-order valence-electron chi connectivity index (χ0n) is 11.2. The molecule has 104 valence electrons. The standard InChI is InChI=1S/C14H11N5OS/c1-2-19-13(20)17-18-14(19)21-12-9(7-15)8-16-11-6-4-3-5-10(11)12/h3-6,8H,2H2,1H3,(H,17,20). The van der Waals surface area contributed by atoms with Crippen molar-refractivity contribution < 1.29 is 0 Å². The Balaban J connectivity index is 2.19. The fourth-order valence-corrected chi connectivity index (χ4v) is 3.14. The molecule has 0 aliphatic carbocycles. The number of hydrogen-bond acceptors (Lipinski definition) is 5. The number of nitriles is 1. The molecule has 0 amide bonds. The molecule has 0 saturated carbocycles. The summed E-state index contributed by atoms with van der Waals surface area (Å²) in [6.07, 6.45) is 1.55. The number of aromatic amines is 1. The summed E-state index contributed by atoms with van der Waals surface area (Å²) < 4.78 is 1.53. The van der Waals surface area contributed by atoms with Crippen LogP contribution in [0.4, 0.5) is 0 Å². The van der Waals surface area contributed by atoms with E-state index < -0.39 is 0 Å². The second-order valence-corrected chi connectivity index (χ2v) is 5.27. The second-order valence-electron chi connectivity index (χ2n) is 4.29. The van der Waals surface area contributed by atoms with Gasteiger partial charge < -0.3 is 0 Å². The quantitative estimate of drug-likeness (QED) is 0.800. The van der Waals surface area contributed by atoms with E-state index in [1.165, 1.54) is 16.3 Å². The predicted octanol–water partition coefficient (Wildman–Crippen LogP) is 2.16. The summed E-state index contributed by atoms with van der Waals surface area (Å²) in [5.41, 5.74) is 1.02. The normalized spacial score (nSPS) is 10.7. The van der Waals surface area contributed by atoms with Gasteiger partial charge in [0.25, 0.3) is 0 Å². The molecule has 2 aromatic heterocycles. The molecule has 7 heteroatoms. The molecule has 1 N–H and O–H groups in total. The van der Waals surface area contributed by atoms with Crippen LogP contribution in [0.5, 0.6) is 0 Å². The number of nitrogens with zero attached hydrogens (tertiary/aromatic N) is 4. The van der Waals surface area contributed by atoms with Crippen LogP contribution in [0.1, 0.15) is 12.5 Å². The van der Waals surface area contributed by atoms with Crippen molar-refractivity contribution in [2.45, 2.75) is 23.5 Å². The Hall–Kier alpha value is -2.59. The van der Waals surface area contributed by atoms with E-state index >= 15 is 0 Å². The first-order chi connectivity index (χ1) is 10.2. The van der Waals surface area contributed by atoms with E-state index in [2.05, 4.69) is 21.3 Å². The molecule has 0 radical (unpaired) electrons. The van der Waals surface area contributed by atoms with Crippen LogP contribution in [-0.4, -0.2) is 19.7 Å². The summed E-state index contributed by atoms with van der Waals surface area (Å²) in [6, 6.07) is 9.73. The molecule has 0 unspecified atom stereocenters. The van der Waals surface area contributed by atoms with Crippen LogP contribution in [0.3, 0.4) is 0 Å². The zero-order chi connectivity index (χ0) is 14.8. The number of pyridine rings is 1. The lowest BCUT2D eigenvalue weighted by Gasteiger charge is -2.07. The first kappa shape index (κ1) is 13.4. The van der Waals surface area contributed by atoms with Crippen molar-refractivity contribution in [3.8, 4) is 6.07 Å². The molecule has 0 aliphatic rings. The van der Waals surface area contributed by atoms with Crippen LogP contribution in [0.25, 0.3) is 10.9 Å². The number of rotatable bonds is 3. The molecule has 0 aliphatic heterocycles. The third-order valence-electron chi connectivity index (χ3n) is 3.08. The molecule has 3 rings (SSSR count). The molecule has 0 spiro atoms. The Morgan fingerprint density at radius 2 is 2.24 bits per heavy atom. The lowest BCUT2D eigenvalue weighted by Crippen LogP contribution is -2.16. The Morgan fingerprint density at radius 3 is 3.00 bits per heavy atom. The van der Waals surface area contributed by atoms with E-state index in [0.29, 0.717) is 17.3 Å². The highest BCUT2D eigenvalue weighted by Gasteiger charge is 2.14. The van der Waals surface area contributed by atoms with Gasteiger partial charge in [-0.1, -0.05) is 18.2 Å². The maximum atomic E-state index is 11.6. The highest BCUT2D eigenvalue weighted by atomic mass is 32.2. The summed E-state index contributed by atoms with van der Waals surface area (Å²) >= 11 is 1.30. The minimum Gasteiger partial charge on any atom is -0.270 e. The summed E-state index contributed by atoms with van der Waals surface area (Å²) in [4.78, 5) is 16.7. The van der Waals surface area contributed by atoms with Gasteiger partial charge in [0.15, 0.2) is 5.16 Å².